The highest BCUT2D eigenvalue weighted by Crippen LogP contribution is 2.43. The Labute approximate surface area is 492 Å². The van der Waals surface area contributed by atoms with Crippen LogP contribution >= 0.6 is 0 Å². The monoisotopic (exact) mass is 1150 g/mol. The lowest BCUT2D eigenvalue weighted by Gasteiger charge is -2.26. The van der Waals surface area contributed by atoms with Gasteiger partial charge in [-0.3, -0.25) is 0 Å². The van der Waals surface area contributed by atoms with Gasteiger partial charge in [0.15, 0.2) is 0 Å². The first-order valence-electron chi connectivity index (χ1n) is 28.6. The average molecular weight is 1150 g/mol. The van der Waals surface area contributed by atoms with E-state index in [0.29, 0.717) is 26.4 Å². The zero-order chi connectivity index (χ0) is 57.6. The molecule has 0 unspecified atom stereocenters. The predicted octanol–water partition coefficient (Wildman–Crippen LogP) is 16.5. The number of hydrogen-bond acceptors (Lipinski definition) is 10. The maximum Gasteiger partial charge on any atom is 0.677 e. The van der Waals surface area contributed by atoms with Crippen LogP contribution in [0.15, 0.2) is 243 Å². The van der Waals surface area contributed by atoms with Crippen LogP contribution in [-0.2, 0) is 39.8 Å². The zero-order valence-electron chi connectivity index (χ0n) is 47.5. The van der Waals surface area contributed by atoms with Crippen molar-refractivity contribution in [2.45, 2.75) is 40.9 Å². The van der Waals surface area contributed by atoms with Crippen LogP contribution < -0.4 is 9.80 Å². The SMILES string of the molecule is CCO[Si](O)(OCC)OCc1ccc(-n2c3ccccc3c3cc(N(c4ccccc4)c4ccc(-c5ccc(N(c6ccccc6)c6ccc7c(c6)c6ccccc6n7-c6ccc(CO[Si](O)(OCC)OCC)cc6)cc5)cc4)ccc32)cc1. The van der Waals surface area contributed by atoms with E-state index in [4.69, 9.17) is 26.6 Å². The Morgan fingerprint density at radius 1 is 0.310 bits per heavy atom. The van der Waals surface area contributed by atoms with E-state index in [1.54, 1.807) is 0 Å². The molecule has 0 aliphatic carbocycles. The van der Waals surface area contributed by atoms with Crippen molar-refractivity contribution in [3.05, 3.63) is 254 Å². The molecule has 12 nitrogen and oxygen atoms in total. The lowest BCUT2D eigenvalue weighted by atomic mass is 10.0. The third-order valence-corrected chi connectivity index (χ3v) is 18.6. The first-order chi connectivity index (χ1) is 41.2. The summed E-state index contributed by atoms with van der Waals surface area (Å²) in [4.78, 5) is 26.3. The molecule has 0 saturated carbocycles. The number of fused-ring (bicyclic) bond motifs is 6. The summed E-state index contributed by atoms with van der Waals surface area (Å²) >= 11 is 0. The van der Waals surface area contributed by atoms with Crippen molar-refractivity contribution in [3.63, 3.8) is 0 Å². The molecule has 0 aliphatic heterocycles. The zero-order valence-corrected chi connectivity index (χ0v) is 49.5. The minimum atomic E-state index is -3.72. The molecule has 2 heterocycles. The minimum Gasteiger partial charge on any atom is -0.367 e. The molecular formula is C70H66N4O8Si2. The van der Waals surface area contributed by atoms with Crippen LogP contribution in [0, 0.1) is 0 Å². The molecule has 12 rings (SSSR count). The molecule has 0 aliphatic rings. The third-order valence-electron chi connectivity index (χ3n) is 15.0. The topological polar surface area (TPSA) is 112 Å². The molecule has 422 valence electrons. The van der Waals surface area contributed by atoms with Crippen LogP contribution in [0.1, 0.15) is 38.8 Å². The van der Waals surface area contributed by atoms with E-state index in [-0.39, 0.29) is 13.2 Å². The van der Waals surface area contributed by atoms with Gasteiger partial charge < -0.3 is 55.1 Å². The Bertz CT molecular complexity index is 3900. The summed E-state index contributed by atoms with van der Waals surface area (Å²) in [7, 11) is -7.45. The van der Waals surface area contributed by atoms with Gasteiger partial charge in [-0.1, -0.05) is 121 Å². The summed E-state index contributed by atoms with van der Waals surface area (Å²) < 4.78 is 38.2. The molecular weight excluding hydrogens is 1080 g/mol. The van der Waals surface area contributed by atoms with Gasteiger partial charge in [0.25, 0.3) is 0 Å². The smallest absolute Gasteiger partial charge is 0.367 e. The molecule has 84 heavy (non-hydrogen) atoms. The standard InChI is InChI=1S/C70H66N4O8Si2/c1-5-77-83(75,78-6-2)81-49-51-27-35-59(36-28-51)73-67-25-17-15-23-63(67)65-47-61(43-45-69(65)73)71(55-19-11-9-12-20-55)57-39-31-53(32-40-57)54-33-41-58(42-34-54)72(56-21-13-10-14-22-56)62-44-46-70-66(48-62)64-24-16-18-26-68(64)74(70)60-37-29-52(30-38-60)50-82-84(76,79-7-3)80-8-4/h9-48,75-76H,5-8,49-50H2,1-4H3. The maximum atomic E-state index is 10.8. The predicted molar refractivity (Wildman–Crippen MR) is 342 cm³/mol. The number of nitrogens with zero attached hydrogens (tertiary/aromatic N) is 4. The van der Waals surface area contributed by atoms with Crippen molar-refractivity contribution >= 4 is 95.8 Å². The van der Waals surface area contributed by atoms with Crippen molar-refractivity contribution in [1.29, 1.82) is 0 Å². The summed E-state index contributed by atoms with van der Waals surface area (Å²) in [5, 5.41) is 4.57. The number of benzene rings is 10. The van der Waals surface area contributed by atoms with Crippen LogP contribution in [0.25, 0.3) is 66.1 Å². The number of aromatic nitrogens is 2. The van der Waals surface area contributed by atoms with Gasteiger partial charge in [-0.15, -0.1) is 0 Å². The highest BCUT2D eigenvalue weighted by molar-refractivity contribution is 6.52. The minimum absolute atomic E-state index is 0.169. The van der Waals surface area contributed by atoms with Crippen LogP contribution in [-0.4, -0.2) is 63.2 Å². The van der Waals surface area contributed by atoms with Gasteiger partial charge >= 0.3 is 18.1 Å². The fourth-order valence-corrected chi connectivity index (χ4v) is 13.9. The molecule has 0 saturated heterocycles. The lowest BCUT2D eigenvalue weighted by Crippen LogP contribution is -2.46. The molecule has 0 bridgehead atoms. The van der Waals surface area contributed by atoms with Crippen LogP contribution in [0.2, 0.25) is 0 Å². The Morgan fingerprint density at radius 2 is 0.619 bits per heavy atom. The van der Waals surface area contributed by atoms with Gasteiger partial charge in [0.05, 0.1) is 35.3 Å². The molecule has 14 heteroatoms. The van der Waals surface area contributed by atoms with E-state index in [2.05, 4.69) is 237 Å². The number of anilines is 6. The molecule has 0 atom stereocenters. The summed E-state index contributed by atoms with van der Waals surface area (Å²) in [5.74, 6) is 0. The maximum absolute atomic E-state index is 10.8. The number of hydrogen-bond donors (Lipinski definition) is 2. The van der Waals surface area contributed by atoms with Gasteiger partial charge in [0.2, 0.25) is 0 Å². The molecule has 0 radical (unpaired) electrons. The number of para-hydroxylation sites is 4. The first-order valence-corrected chi connectivity index (χ1v) is 32.0. The van der Waals surface area contributed by atoms with E-state index in [1.807, 2.05) is 52.0 Å². The first kappa shape index (κ1) is 56.0. The van der Waals surface area contributed by atoms with Crippen molar-refractivity contribution in [2.75, 3.05) is 36.2 Å². The molecule has 12 aromatic rings. The summed E-state index contributed by atoms with van der Waals surface area (Å²) in [6.45, 7) is 8.78. The second kappa shape index (κ2) is 24.8. The fourth-order valence-electron chi connectivity index (χ4n) is 11.2. The fraction of sp³-hybridized carbons (Fsp3) is 0.143. The molecule has 0 spiro atoms. The normalized spacial score (nSPS) is 12.0. The van der Waals surface area contributed by atoms with Crippen molar-refractivity contribution in [3.8, 4) is 22.5 Å². The van der Waals surface area contributed by atoms with Gasteiger partial charge in [-0.25, -0.2) is 0 Å². The molecule has 0 amide bonds. The van der Waals surface area contributed by atoms with Crippen LogP contribution in [0.5, 0.6) is 0 Å². The quantitative estimate of drug-likeness (QED) is 0.0601. The molecule has 10 aromatic carbocycles. The van der Waals surface area contributed by atoms with E-state index in [0.717, 1.165) is 111 Å². The average Bonchev–Trinajstić information content (AvgIpc) is 4.16. The summed E-state index contributed by atoms with van der Waals surface area (Å²) in [6, 6.07) is 85.7. The summed E-state index contributed by atoms with van der Waals surface area (Å²) in [6.07, 6.45) is 0. The molecule has 0 fully saturated rings. The van der Waals surface area contributed by atoms with Gasteiger partial charge in [-0.2, -0.15) is 0 Å². The highest BCUT2D eigenvalue weighted by Gasteiger charge is 2.41. The number of rotatable bonds is 23. The van der Waals surface area contributed by atoms with E-state index in [9.17, 15) is 9.59 Å². The van der Waals surface area contributed by atoms with E-state index in [1.165, 1.54) is 0 Å². The van der Waals surface area contributed by atoms with E-state index < -0.39 is 18.1 Å². The summed E-state index contributed by atoms with van der Waals surface area (Å²) in [5.41, 5.74) is 16.7. The molecule has 2 N–H and O–H groups in total. The molecule has 2 aromatic heterocycles. The van der Waals surface area contributed by atoms with Crippen molar-refractivity contribution < 1.29 is 36.1 Å². The third kappa shape index (κ3) is 11.5. The van der Waals surface area contributed by atoms with Gasteiger partial charge in [0, 0.05) is 93.5 Å². The lowest BCUT2D eigenvalue weighted by molar-refractivity contribution is -0.00792. The van der Waals surface area contributed by atoms with Crippen molar-refractivity contribution in [2.24, 2.45) is 0 Å². The Hall–Kier alpha value is -8.49. The second-order valence-corrected chi connectivity index (χ2v) is 24.1. The highest BCUT2D eigenvalue weighted by atomic mass is 28.4. The van der Waals surface area contributed by atoms with E-state index >= 15 is 0 Å². The Morgan fingerprint density at radius 3 is 0.976 bits per heavy atom. The van der Waals surface area contributed by atoms with Crippen LogP contribution in [0.3, 0.4) is 0 Å². The Balaban J connectivity index is 0.827. The second-order valence-electron chi connectivity index (χ2n) is 20.2. The Kier molecular flexibility index (Phi) is 16.5. The van der Waals surface area contributed by atoms with Crippen LogP contribution in [0.4, 0.5) is 34.1 Å². The largest absolute Gasteiger partial charge is 0.677 e. The van der Waals surface area contributed by atoms with Gasteiger partial charge in [0.1, 0.15) is 0 Å². The van der Waals surface area contributed by atoms with Crippen molar-refractivity contribution in [1.82, 2.24) is 9.13 Å². The van der Waals surface area contributed by atoms with Gasteiger partial charge in [-0.05, 0) is 171 Å².